The number of hydrogen-bond donors (Lipinski definition) is 0. The largest absolute Gasteiger partial charge is 0.458 e. The highest BCUT2D eigenvalue weighted by molar-refractivity contribution is 7.02. The normalized spacial score (nSPS) is 13.0. The summed E-state index contributed by atoms with van der Waals surface area (Å²) in [5.41, 5.74) is 21.6. The Morgan fingerprint density at radius 1 is 0.360 bits per heavy atom. The van der Waals surface area contributed by atoms with E-state index >= 15 is 0 Å². The van der Waals surface area contributed by atoms with Crippen LogP contribution >= 0.6 is 0 Å². The number of para-hydroxylation sites is 8. The standard InChI is InChI=1S/C67H42B2N4O2/c1-41-66-50(68-48-32-16-20-36-54(48)72-52-34-18-14-30-46(52)60-56(39-58(74-66)62(68)64(60)72)70(42-22-6-2-7-23-42)43-24-8-3-9-25-43)38-51-67(41)75-59-40-57(71(44-26-10-4-11-27-44)45-28-12-5-13-29-45)61-47-31-15-19-35-53(47)73-55-37-21-17-33-49(55)69(51)63(59)65(61)73/h2-40H,1H3. The summed E-state index contributed by atoms with van der Waals surface area (Å²) in [5, 5.41) is 4.79. The maximum Gasteiger partial charge on any atom is 0.256 e. The van der Waals surface area contributed by atoms with Gasteiger partial charge in [0.15, 0.2) is 0 Å². The molecule has 13 aromatic rings. The van der Waals surface area contributed by atoms with E-state index in [-0.39, 0.29) is 13.4 Å². The Kier molecular flexibility index (Phi) is 8.29. The van der Waals surface area contributed by atoms with E-state index in [0.29, 0.717) is 0 Å². The zero-order valence-electron chi connectivity index (χ0n) is 40.8. The van der Waals surface area contributed by atoms with Crippen LogP contribution in [0.3, 0.4) is 0 Å². The van der Waals surface area contributed by atoms with Crippen LogP contribution in [0.4, 0.5) is 34.1 Å². The molecule has 0 N–H and O–H groups in total. The molecule has 8 heteroatoms. The van der Waals surface area contributed by atoms with Gasteiger partial charge in [0.05, 0.1) is 33.4 Å². The number of ether oxygens (including phenoxy) is 2. The minimum absolute atomic E-state index is 0.126. The second-order valence-corrected chi connectivity index (χ2v) is 20.3. The van der Waals surface area contributed by atoms with Gasteiger partial charge in [-0.25, -0.2) is 0 Å². The van der Waals surface area contributed by atoms with Crippen LogP contribution in [0.5, 0.6) is 23.0 Å². The minimum atomic E-state index is -0.126. The summed E-state index contributed by atoms with van der Waals surface area (Å²) in [6.07, 6.45) is 0. The zero-order valence-corrected chi connectivity index (χ0v) is 40.8. The third kappa shape index (κ3) is 5.44. The second-order valence-electron chi connectivity index (χ2n) is 20.3. The van der Waals surface area contributed by atoms with E-state index in [4.69, 9.17) is 9.47 Å². The van der Waals surface area contributed by atoms with Crippen LogP contribution in [0.2, 0.25) is 0 Å². The Morgan fingerprint density at radius 2 is 0.707 bits per heavy atom. The van der Waals surface area contributed by atoms with Gasteiger partial charge in [-0.05, 0) is 112 Å². The molecule has 75 heavy (non-hydrogen) atoms. The quantitative estimate of drug-likeness (QED) is 0.156. The van der Waals surface area contributed by atoms with Crippen LogP contribution in [-0.4, -0.2) is 22.6 Å². The van der Waals surface area contributed by atoms with Crippen LogP contribution < -0.4 is 52.1 Å². The number of aromatic nitrogens is 2. The molecule has 348 valence electrons. The van der Waals surface area contributed by atoms with Gasteiger partial charge in [-0.15, -0.1) is 0 Å². The summed E-state index contributed by atoms with van der Waals surface area (Å²) in [4.78, 5) is 4.79. The average molecular weight is 957 g/mol. The molecule has 0 atom stereocenters. The summed E-state index contributed by atoms with van der Waals surface area (Å²) >= 11 is 0. The first-order chi connectivity index (χ1) is 37.2. The molecule has 0 aliphatic carbocycles. The van der Waals surface area contributed by atoms with E-state index in [1.807, 2.05) is 0 Å². The van der Waals surface area contributed by atoms with E-state index in [1.165, 1.54) is 76.8 Å². The SMILES string of the molecule is Cc1c2c(cc3c1Oc1cc(N(c4ccccc4)c4ccccc4)c4c5ccccc5n5c4c1B3c1ccccc1-5)B1c3ccccc3-n3c4ccccc4c4c(N(c5ccccc5)c5ccccc5)cc(c1c43)O2. The molecular weight excluding hydrogens is 914 g/mol. The highest BCUT2D eigenvalue weighted by atomic mass is 16.5. The summed E-state index contributed by atoms with van der Waals surface area (Å²) in [6.45, 7) is 1.96. The Balaban J connectivity index is 0.960. The van der Waals surface area contributed by atoms with E-state index in [2.05, 4.69) is 262 Å². The molecule has 0 unspecified atom stereocenters. The third-order valence-electron chi connectivity index (χ3n) is 16.5. The van der Waals surface area contributed by atoms with Crippen molar-refractivity contribution in [1.29, 1.82) is 0 Å². The van der Waals surface area contributed by atoms with Gasteiger partial charge in [0.1, 0.15) is 23.0 Å². The van der Waals surface area contributed by atoms with Gasteiger partial charge in [-0.1, -0.05) is 152 Å². The molecule has 0 saturated heterocycles. The van der Waals surface area contributed by atoms with E-state index in [9.17, 15) is 0 Å². The van der Waals surface area contributed by atoms with Crippen molar-refractivity contribution in [2.75, 3.05) is 9.80 Å². The zero-order chi connectivity index (χ0) is 49.0. The number of anilines is 6. The number of rotatable bonds is 6. The smallest absolute Gasteiger partial charge is 0.256 e. The van der Waals surface area contributed by atoms with Crippen LogP contribution in [0.15, 0.2) is 237 Å². The van der Waals surface area contributed by atoms with Crippen molar-refractivity contribution < 1.29 is 9.47 Å². The molecular formula is C67H42B2N4O2. The fourth-order valence-electron chi connectivity index (χ4n) is 13.6. The number of fused-ring (bicyclic) bond motifs is 16. The van der Waals surface area contributed by atoms with Crippen LogP contribution in [-0.2, 0) is 0 Å². The maximum absolute atomic E-state index is 7.61. The summed E-state index contributed by atoms with van der Waals surface area (Å²) in [5.74, 6) is 3.39. The highest BCUT2D eigenvalue weighted by Crippen LogP contribution is 2.51. The fraction of sp³-hybridized carbons (Fsp3) is 0.0149. The third-order valence-corrected chi connectivity index (χ3v) is 16.5. The molecule has 0 fully saturated rings. The summed E-state index contributed by atoms with van der Waals surface area (Å²) in [7, 11) is 0. The first kappa shape index (κ1) is 40.9. The predicted octanol–water partition coefficient (Wildman–Crippen LogP) is 13.0. The van der Waals surface area contributed by atoms with Crippen LogP contribution in [0.25, 0.3) is 55.0 Å². The Bertz CT molecular complexity index is 4210. The van der Waals surface area contributed by atoms with E-state index in [0.717, 1.165) is 73.6 Å². The van der Waals surface area contributed by atoms with Crippen molar-refractivity contribution in [2.45, 2.75) is 6.92 Å². The molecule has 2 aromatic heterocycles. The van der Waals surface area contributed by atoms with Crippen molar-refractivity contribution in [2.24, 2.45) is 0 Å². The summed E-state index contributed by atoms with van der Waals surface area (Å²) < 4.78 is 20.2. The molecule has 17 rings (SSSR count). The predicted molar refractivity (Wildman–Crippen MR) is 312 cm³/mol. The first-order valence-corrected chi connectivity index (χ1v) is 25.9. The minimum Gasteiger partial charge on any atom is -0.458 e. The molecule has 6 heterocycles. The topological polar surface area (TPSA) is 34.8 Å². The van der Waals surface area contributed by atoms with Crippen LogP contribution in [0, 0.1) is 6.92 Å². The fourth-order valence-corrected chi connectivity index (χ4v) is 13.6. The van der Waals surface area contributed by atoms with Crippen molar-refractivity contribution in [3.05, 3.63) is 242 Å². The number of nitrogens with zero attached hydrogens (tertiary/aromatic N) is 4. The molecule has 4 aliphatic rings. The highest BCUT2D eigenvalue weighted by Gasteiger charge is 2.47. The molecule has 0 amide bonds. The van der Waals surface area contributed by atoms with Crippen molar-refractivity contribution in [1.82, 2.24) is 9.13 Å². The average Bonchev–Trinajstić information content (AvgIpc) is 4.10. The number of benzene rings is 11. The molecule has 4 aliphatic heterocycles. The maximum atomic E-state index is 7.61. The number of hydrogen-bond acceptors (Lipinski definition) is 4. The molecule has 0 bridgehead atoms. The van der Waals surface area contributed by atoms with Gasteiger partial charge in [0.2, 0.25) is 0 Å². The molecule has 0 saturated carbocycles. The molecule has 11 aromatic carbocycles. The van der Waals surface area contributed by atoms with Crippen LogP contribution in [0.1, 0.15) is 5.56 Å². The molecule has 0 spiro atoms. The van der Waals surface area contributed by atoms with E-state index < -0.39 is 0 Å². The van der Waals surface area contributed by atoms with Gasteiger partial charge < -0.3 is 28.4 Å². The van der Waals surface area contributed by atoms with Gasteiger partial charge in [-0.3, -0.25) is 0 Å². The van der Waals surface area contributed by atoms with Gasteiger partial charge in [-0.2, -0.15) is 0 Å². The molecule has 6 nitrogen and oxygen atoms in total. The van der Waals surface area contributed by atoms with Crippen molar-refractivity contribution in [3.63, 3.8) is 0 Å². The Hall–Kier alpha value is -9.65. The van der Waals surface area contributed by atoms with Crippen molar-refractivity contribution >= 4 is 124 Å². The van der Waals surface area contributed by atoms with Crippen molar-refractivity contribution in [3.8, 4) is 34.4 Å². The molecule has 0 radical (unpaired) electrons. The summed E-state index contributed by atoms with van der Waals surface area (Å²) in [6, 6.07) is 85.9. The Labute approximate surface area is 433 Å². The lowest BCUT2D eigenvalue weighted by molar-refractivity contribution is 0.459. The lowest BCUT2D eigenvalue weighted by Gasteiger charge is -2.38. The lowest BCUT2D eigenvalue weighted by Crippen LogP contribution is -2.62. The second kappa shape index (κ2) is 15.2. The van der Waals surface area contributed by atoms with Gasteiger partial charge in [0, 0.05) is 73.4 Å². The first-order valence-electron chi connectivity index (χ1n) is 25.9. The monoisotopic (exact) mass is 956 g/mol. The van der Waals surface area contributed by atoms with E-state index in [1.54, 1.807) is 0 Å². The van der Waals surface area contributed by atoms with Gasteiger partial charge in [0.25, 0.3) is 13.4 Å². The lowest BCUT2D eigenvalue weighted by atomic mass is 9.31. The van der Waals surface area contributed by atoms with Gasteiger partial charge >= 0.3 is 0 Å². The Morgan fingerprint density at radius 3 is 1.11 bits per heavy atom.